The largest absolute Gasteiger partial charge is 0.383 e. The quantitative estimate of drug-likeness (QED) is 0.643. The fraction of sp³-hybridized carbons (Fsp3) is 0.391. The van der Waals surface area contributed by atoms with Crippen LogP contribution in [0.1, 0.15) is 29.8 Å². The van der Waals surface area contributed by atoms with Crippen LogP contribution in [-0.2, 0) is 16.1 Å². The minimum atomic E-state index is -0.168. The molecule has 2 aromatic carbocycles. The van der Waals surface area contributed by atoms with Crippen molar-refractivity contribution in [2.45, 2.75) is 20.4 Å². The van der Waals surface area contributed by atoms with Gasteiger partial charge in [0.1, 0.15) is 0 Å². The molecule has 1 N–H and O–H groups in total. The van der Waals surface area contributed by atoms with Crippen molar-refractivity contribution in [2.75, 3.05) is 44.6 Å². The number of hydrogen-bond acceptors (Lipinski definition) is 4. The number of nitrogens with zero attached hydrogens (tertiary/aromatic N) is 2. The Labute approximate surface area is 183 Å². The Kier molecular flexibility index (Phi) is 8.69. The van der Waals surface area contributed by atoms with E-state index in [0.29, 0.717) is 36.0 Å². The molecule has 7 heteroatoms. The second-order valence-electron chi connectivity index (χ2n) is 7.58. The third-order valence-corrected chi connectivity index (χ3v) is 5.00. The Morgan fingerprint density at radius 1 is 1.13 bits per heavy atom. The molecule has 2 rings (SSSR count). The molecule has 0 aliphatic carbocycles. The molecule has 2 amide bonds. The lowest BCUT2D eigenvalue weighted by Gasteiger charge is -2.26. The summed E-state index contributed by atoms with van der Waals surface area (Å²) in [7, 11) is 5.49. The van der Waals surface area contributed by atoms with E-state index < -0.39 is 0 Å². The highest BCUT2D eigenvalue weighted by molar-refractivity contribution is 6.33. The molecule has 0 unspecified atom stereocenters. The van der Waals surface area contributed by atoms with Gasteiger partial charge in [0.25, 0.3) is 5.91 Å². The van der Waals surface area contributed by atoms with Crippen LogP contribution in [-0.4, -0.2) is 51.1 Å². The molecular weight excluding hydrogens is 402 g/mol. The van der Waals surface area contributed by atoms with Gasteiger partial charge in [-0.2, -0.15) is 0 Å². The van der Waals surface area contributed by atoms with Crippen LogP contribution in [0.15, 0.2) is 42.5 Å². The summed E-state index contributed by atoms with van der Waals surface area (Å²) < 4.78 is 5.21. The van der Waals surface area contributed by atoms with Gasteiger partial charge in [-0.1, -0.05) is 37.6 Å². The summed E-state index contributed by atoms with van der Waals surface area (Å²) in [6, 6.07) is 12.7. The first-order valence-corrected chi connectivity index (χ1v) is 10.3. The van der Waals surface area contributed by atoms with E-state index in [1.807, 2.05) is 51.0 Å². The molecule has 0 saturated heterocycles. The summed E-state index contributed by atoms with van der Waals surface area (Å²) in [5.41, 5.74) is 3.03. The minimum absolute atomic E-state index is 0.0538. The van der Waals surface area contributed by atoms with Gasteiger partial charge in [-0.15, -0.1) is 0 Å². The topological polar surface area (TPSA) is 61.9 Å². The number of ether oxygens (including phenoxy) is 1. The highest BCUT2D eigenvalue weighted by atomic mass is 35.5. The number of benzene rings is 2. The molecule has 0 spiro atoms. The van der Waals surface area contributed by atoms with Crippen molar-refractivity contribution in [3.63, 3.8) is 0 Å². The van der Waals surface area contributed by atoms with Crippen molar-refractivity contribution in [1.29, 1.82) is 0 Å². The number of amides is 2. The molecule has 0 atom stereocenters. The maximum absolute atomic E-state index is 13.2. The predicted molar refractivity (Wildman–Crippen MR) is 122 cm³/mol. The second-order valence-corrected chi connectivity index (χ2v) is 7.99. The van der Waals surface area contributed by atoms with Gasteiger partial charge in [-0.05, 0) is 35.9 Å². The number of hydrogen-bond donors (Lipinski definition) is 1. The van der Waals surface area contributed by atoms with E-state index in [1.165, 1.54) is 0 Å². The predicted octanol–water partition coefficient (Wildman–Crippen LogP) is 4.29. The molecule has 2 aromatic rings. The van der Waals surface area contributed by atoms with Crippen molar-refractivity contribution < 1.29 is 14.3 Å². The summed E-state index contributed by atoms with van der Waals surface area (Å²) in [5, 5.41) is 3.34. The molecule has 30 heavy (non-hydrogen) atoms. The Morgan fingerprint density at radius 2 is 1.83 bits per heavy atom. The Morgan fingerprint density at radius 3 is 2.43 bits per heavy atom. The molecule has 162 valence electrons. The first-order chi connectivity index (χ1) is 14.2. The number of halogens is 1. The summed E-state index contributed by atoms with van der Waals surface area (Å²) in [6.45, 7) is 4.86. The molecule has 0 heterocycles. The molecule has 0 aromatic heterocycles. The van der Waals surface area contributed by atoms with E-state index in [2.05, 4.69) is 5.32 Å². The second kappa shape index (κ2) is 11.0. The molecule has 6 nitrogen and oxygen atoms in total. The highest BCUT2D eigenvalue weighted by Crippen LogP contribution is 2.26. The van der Waals surface area contributed by atoms with Crippen molar-refractivity contribution in [3.8, 4) is 0 Å². The normalized spacial score (nSPS) is 10.8. The van der Waals surface area contributed by atoms with Gasteiger partial charge in [0.05, 0.1) is 17.2 Å². The van der Waals surface area contributed by atoms with E-state index in [0.717, 1.165) is 11.3 Å². The van der Waals surface area contributed by atoms with Gasteiger partial charge in [0.15, 0.2) is 0 Å². The minimum Gasteiger partial charge on any atom is -0.383 e. The molecular formula is C23H30ClN3O3. The summed E-state index contributed by atoms with van der Waals surface area (Å²) >= 11 is 6.26. The van der Waals surface area contributed by atoms with Crippen LogP contribution >= 0.6 is 11.6 Å². The van der Waals surface area contributed by atoms with Gasteiger partial charge in [-0.25, -0.2) is 0 Å². The number of rotatable bonds is 9. The molecule has 0 bridgehead atoms. The summed E-state index contributed by atoms with van der Waals surface area (Å²) in [4.78, 5) is 29.0. The standard InChI is InChI=1S/C23H30ClN3O3/c1-16(2)22(28)25-18-10-11-21(26(3)4)17(14-18)15-27(12-13-30-5)23(29)19-8-6-7-9-20(19)24/h6-11,14,16H,12-13,15H2,1-5H3,(H,25,28). The van der Waals surface area contributed by atoms with Crippen LogP contribution < -0.4 is 10.2 Å². The smallest absolute Gasteiger partial charge is 0.255 e. The fourth-order valence-corrected chi connectivity index (χ4v) is 3.19. The highest BCUT2D eigenvalue weighted by Gasteiger charge is 2.20. The number of carbonyl (C=O) groups is 2. The van der Waals surface area contributed by atoms with Crippen molar-refractivity contribution in [3.05, 3.63) is 58.6 Å². The molecule has 0 radical (unpaired) electrons. The lowest BCUT2D eigenvalue weighted by atomic mass is 10.1. The Bertz CT molecular complexity index is 884. The fourth-order valence-electron chi connectivity index (χ4n) is 2.98. The van der Waals surface area contributed by atoms with Gasteiger partial charge in [0, 0.05) is 51.6 Å². The van der Waals surface area contributed by atoms with Crippen molar-refractivity contribution in [1.82, 2.24) is 4.90 Å². The van der Waals surface area contributed by atoms with Crippen LogP contribution in [0.25, 0.3) is 0 Å². The zero-order valence-corrected chi connectivity index (χ0v) is 19.0. The van der Waals surface area contributed by atoms with Gasteiger partial charge < -0.3 is 19.9 Å². The average molecular weight is 432 g/mol. The average Bonchev–Trinajstić information content (AvgIpc) is 2.70. The van der Waals surface area contributed by atoms with E-state index in [9.17, 15) is 9.59 Å². The number of carbonyl (C=O) groups excluding carboxylic acids is 2. The van der Waals surface area contributed by atoms with Crippen molar-refractivity contribution >= 4 is 34.8 Å². The maximum atomic E-state index is 13.2. The van der Waals surface area contributed by atoms with E-state index in [1.54, 1.807) is 36.3 Å². The first-order valence-electron chi connectivity index (χ1n) is 9.88. The third-order valence-electron chi connectivity index (χ3n) is 4.67. The molecule has 0 aliphatic heterocycles. The zero-order valence-electron chi connectivity index (χ0n) is 18.2. The Balaban J connectivity index is 2.38. The third kappa shape index (κ3) is 6.21. The van der Waals surface area contributed by atoms with E-state index in [-0.39, 0.29) is 17.7 Å². The van der Waals surface area contributed by atoms with Gasteiger partial charge in [0.2, 0.25) is 5.91 Å². The molecule has 0 saturated carbocycles. The van der Waals surface area contributed by atoms with Gasteiger partial charge >= 0.3 is 0 Å². The van der Waals surface area contributed by atoms with Crippen LogP contribution in [0.2, 0.25) is 5.02 Å². The van der Waals surface area contributed by atoms with Crippen LogP contribution in [0.5, 0.6) is 0 Å². The molecule has 0 fully saturated rings. The van der Waals surface area contributed by atoms with Crippen LogP contribution in [0.4, 0.5) is 11.4 Å². The van der Waals surface area contributed by atoms with E-state index in [4.69, 9.17) is 16.3 Å². The Hall–Kier alpha value is -2.57. The number of nitrogens with one attached hydrogen (secondary N) is 1. The van der Waals surface area contributed by atoms with Crippen LogP contribution in [0, 0.1) is 5.92 Å². The zero-order chi connectivity index (χ0) is 22.3. The summed E-state index contributed by atoms with van der Waals surface area (Å²) in [6.07, 6.45) is 0. The molecule has 0 aliphatic rings. The van der Waals surface area contributed by atoms with E-state index >= 15 is 0 Å². The lowest BCUT2D eigenvalue weighted by molar-refractivity contribution is -0.118. The first kappa shape index (κ1) is 23.7. The number of methoxy groups -OCH3 is 1. The van der Waals surface area contributed by atoms with Crippen LogP contribution in [0.3, 0.4) is 0 Å². The van der Waals surface area contributed by atoms with Crippen molar-refractivity contribution in [2.24, 2.45) is 5.92 Å². The van der Waals surface area contributed by atoms with Gasteiger partial charge in [-0.3, -0.25) is 9.59 Å². The SMILES string of the molecule is COCCN(Cc1cc(NC(=O)C(C)C)ccc1N(C)C)C(=O)c1ccccc1Cl. The summed E-state index contributed by atoms with van der Waals surface area (Å²) in [5.74, 6) is -0.345. The lowest BCUT2D eigenvalue weighted by Crippen LogP contribution is -2.34. The maximum Gasteiger partial charge on any atom is 0.255 e. The monoisotopic (exact) mass is 431 g/mol. The number of anilines is 2.